The minimum absolute atomic E-state index is 0.282. The molecule has 2 aromatic rings. The Morgan fingerprint density at radius 2 is 2.04 bits per heavy atom. The molecule has 0 spiro atoms. The molecule has 1 saturated carbocycles. The second-order valence-electron chi connectivity index (χ2n) is 6.31. The lowest BCUT2D eigenvalue weighted by molar-refractivity contribution is -0.140. The second kappa shape index (κ2) is 5.15. The Bertz CT molecular complexity index is 783. The SMILES string of the molecule is Cn1nnnc1-c1cccc(NC(=O)[C@@H]2[C@H](C(=O)O)C2(C)C)c1. The van der Waals surface area contributed by atoms with E-state index in [-0.39, 0.29) is 5.91 Å². The van der Waals surface area contributed by atoms with Gasteiger partial charge in [-0.1, -0.05) is 26.0 Å². The predicted molar refractivity (Wildman–Crippen MR) is 81.3 cm³/mol. The van der Waals surface area contributed by atoms with Crippen LogP contribution in [0.2, 0.25) is 0 Å². The van der Waals surface area contributed by atoms with Crippen molar-refractivity contribution in [2.24, 2.45) is 24.3 Å². The summed E-state index contributed by atoms with van der Waals surface area (Å²) in [5, 5.41) is 23.2. The molecule has 0 bridgehead atoms. The molecule has 23 heavy (non-hydrogen) atoms. The van der Waals surface area contributed by atoms with Crippen LogP contribution in [0.25, 0.3) is 11.4 Å². The minimum atomic E-state index is -0.936. The van der Waals surface area contributed by atoms with Crippen molar-refractivity contribution in [3.8, 4) is 11.4 Å². The molecule has 2 N–H and O–H groups in total. The summed E-state index contributed by atoms with van der Waals surface area (Å²) >= 11 is 0. The molecule has 1 aromatic heterocycles. The zero-order valence-electron chi connectivity index (χ0n) is 13.0. The predicted octanol–water partition coefficient (Wildman–Crippen LogP) is 1.17. The Balaban J connectivity index is 1.78. The molecule has 0 radical (unpaired) electrons. The first-order valence-electron chi connectivity index (χ1n) is 7.19. The number of amides is 1. The van der Waals surface area contributed by atoms with Gasteiger partial charge in [-0.3, -0.25) is 9.59 Å². The standard InChI is InChI=1S/C15H17N5O3/c1-15(2)10(11(15)14(22)23)13(21)16-9-6-4-5-8(7-9)12-17-18-19-20(12)3/h4-7,10-11H,1-3H3,(H,16,21)(H,22,23)/t10-,11+/m0/s1. The number of nitrogens with one attached hydrogen (secondary N) is 1. The van der Waals surface area contributed by atoms with E-state index in [1.807, 2.05) is 6.07 Å². The van der Waals surface area contributed by atoms with Gasteiger partial charge in [0.2, 0.25) is 5.91 Å². The summed E-state index contributed by atoms with van der Waals surface area (Å²) in [7, 11) is 1.73. The average molecular weight is 315 g/mol. The molecule has 1 heterocycles. The van der Waals surface area contributed by atoms with E-state index in [0.29, 0.717) is 11.5 Å². The van der Waals surface area contributed by atoms with Crippen molar-refractivity contribution in [1.29, 1.82) is 0 Å². The third kappa shape index (κ3) is 2.56. The van der Waals surface area contributed by atoms with Crippen LogP contribution in [0, 0.1) is 17.3 Å². The van der Waals surface area contributed by atoms with Crippen LogP contribution < -0.4 is 5.32 Å². The van der Waals surface area contributed by atoms with Crippen LogP contribution >= 0.6 is 0 Å². The number of tetrazole rings is 1. The lowest BCUT2D eigenvalue weighted by Crippen LogP contribution is -2.17. The summed E-state index contributed by atoms with van der Waals surface area (Å²) in [5.41, 5.74) is 0.823. The molecule has 1 aliphatic carbocycles. The largest absolute Gasteiger partial charge is 0.481 e. The normalized spacial score (nSPS) is 21.7. The van der Waals surface area contributed by atoms with Crippen molar-refractivity contribution in [3.05, 3.63) is 24.3 Å². The lowest BCUT2D eigenvalue weighted by atomic mass is 10.1. The van der Waals surface area contributed by atoms with E-state index >= 15 is 0 Å². The first kappa shape index (κ1) is 15.1. The number of anilines is 1. The third-order valence-corrected chi connectivity index (χ3v) is 4.38. The molecule has 1 aromatic carbocycles. The number of aliphatic carboxylic acids is 1. The first-order chi connectivity index (χ1) is 10.8. The Kier molecular flexibility index (Phi) is 3.39. The van der Waals surface area contributed by atoms with Gasteiger partial charge in [-0.25, -0.2) is 4.68 Å². The van der Waals surface area contributed by atoms with Crippen LogP contribution in [0.5, 0.6) is 0 Å². The van der Waals surface area contributed by atoms with Crippen LogP contribution in [0.3, 0.4) is 0 Å². The van der Waals surface area contributed by atoms with Crippen LogP contribution in [-0.2, 0) is 16.6 Å². The maximum atomic E-state index is 12.3. The van der Waals surface area contributed by atoms with E-state index < -0.39 is 23.2 Å². The number of carboxylic acids is 1. The molecule has 1 amide bonds. The van der Waals surface area contributed by atoms with Gasteiger partial charge in [0.1, 0.15) is 0 Å². The van der Waals surface area contributed by atoms with E-state index in [2.05, 4.69) is 20.8 Å². The van der Waals surface area contributed by atoms with Crippen molar-refractivity contribution in [2.75, 3.05) is 5.32 Å². The first-order valence-corrected chi connectivity index (χ1v) is 7.19. The van der Waals surface area contributed by atoms with Gasteiger partial charge in [0.05, 0.1) is 11.8 Å². The fourth-order valence-corrected chi connectivity index (χ4v) is 3.02. The van der Waals surface area contributed by atoms with Crippen LogP contribution in [-0.4, -0.2) is 37.2 Å². The minimum Gasteiger partial charge on any atom is -0.481 e. The number of hydrogen-bond donors (Lipinski definition) is 2. The third-order valence-electron chi connectivity index (χ3n) is 4.38. The Morgan fingerprint density at radius 3 is 2.61 bits per heavy atom. The van der Waals surface area contributed by atoms with Crippen molar-refractivity contribution >= 4 is 17.6 Å². The Hall–Kier alpha value is -2.77. The summed E-state index contributed by atoms with van der Waals surface area (Å²) in [6, 6.07) is 7.12. The van der Waals surface area contributed by atoms with Crippen LogP contribution in [0.1, 0.15) is 13.8 Å². The Labute approximate surface area is 132 Å². The van der Waals surface area contributed by atoms with Gasteiger partial charge < -0.3 is 10.4 Å². The monoisotopic (exact) mass is 315 g/mol. The zero-order chi connectivity index (χ0) is 16.8. The topological polar surface area (TPSA) is 110 Å². The highest BCUT2D eigenvalue weighted by atomic mass is 16.4. The van der Waals surface area contributed by atoms with Gasteiger partial charge in [-0.15, -0.1) is 5.10 Å². The quantitative estimate of drug-likeness (QED) is 0.876. The highest BCUT2D eigenvalue weighted by molar-refractivity contribution is 6.00. The second-order valence-corrected chi connectivity index (χ2v) is 6.31. The number of aryl methyl sites for hydroxylation is 1. The molecule has 1 aliphatic rings. The molecule has 0 aliphatic heterocycles. The van der Waals surface area contributed by atoms with E-state index in [1.165, 1.54) is 4.68 Å². The number of carboxylic acid groups (broad SMARTS) is 1. The van der Waals surface area contributed by atoms with Crippen LogP contribution in [0.4, 0.5) is 5.69 Å². The maximum absolute atomic E-state index is 12.3. The number of nitrogens with zero attached hydrogens (tertiary/aromatic N) is 4. The fraction of sp³-hybridized carbons (Fsp3) is 0.400. The van der Waals surface area contributed by atoms with Crippen molar-refractivity contribution in [2.45, 2.75) is 13.8 Å². The smallest absolute Gasteiger partial charge is 0.307 e. The van der Waals surface area contributed by atoms with E-state index in [0.717, 1.165) is 5.56 Å². The summed E-state index contributed by atoms with van der Waals surface area (Å²) in [6.07, 6.45) is 0. The Morgan fingerprint density at radius 1 is 1.30 bits per heavy atom. The van der Waals surface area contributed by atoms with Crippen molar-refractivity contribution < 1.29 is 14.7 Å². The van der Waals surface area contributed by atoms with Gasteiger partial charge in [-0.2, -0.15) is 0 Å². The van der Waals surface area contributed by atoms with E-state index in [9.17, 15) is 9.59 Å². The average Bonchev–Trinajstić information content (AvgIpc) is 2.83. The summed E-state index contributed by atoms with van der Waals surface area (Å²) in [5.74, 6) is -1.81. The number of hydrogen-bond acceptors (Lipinski definition) is 5. The molecular formula is C15H17N5O3. The molecule has 8 nitrogen and oxygen atoms in total. The molecule has 3 rings (SSSR count). The van der Waals surface area contributed by atoms with Gasteiger partial charge >= 0.3 is 5.97 Å². The molecule has 8 heteroatoms. The fourth-order valence-electron chi connectivity index (χ4n) is 3.02. The molecule has 1 fully saturated rings. The maximum Gasteiger partial charge on any atom is 0.307 e. The van der Waals surface area contributed by atoms with Crippen LogP contribution in [0.15, 0.2) is 24.3 Å². The van der Waals surface area contributed by atoms with Gasteiger partial charge in [-0.05, 0) is 28.0 Å². The number of aromatic nitrogens is 4. The summed E-state index contributed by atoms with van der Waals surface area (Å²) in [4.78, 5) is 23.5. The van der Waals surface area contributed by atoms with Crippen molar-refractivity contribution in [3.63, 3.8) is 0 Å². The van der Waals surface area contributed by atoms with Gasteiger partial charge in [0.15, 0.2) is 5.82 Å². The number of carbonyl (C=O) groups is 2. The summed E-state index contributed by atoms with van der Waals surface area (Å²) < 4.78 is 1.53. The number of rotatable bonds is 4. The van der Waals surface area contributed by atoms with E-state index in [1.54, 1.807) is 39.1 Å². The van der Waals surface area contributed by atoms with Crippen molar-refractivity contribution in [1.82, 2.24) is 20.2 Å². The van der Waals surface area contributed by atoms with Gasteiger partial charge in [0, 0.05) is 18.3 Å². The molecule has 0 saturated heterocycles. The zero-order valence-corrected chi connectivity index (χ0v) is 13.0. The van der Waals surface area contributed by atoms with Gasteiger partial charge in [0.25, 0.3) is 0 Å². The summed E-state index contributed by atoms with van der Waals surface area (Å²) in [6.45, 7) is 3.58. The molecule has 2 atom stereocenters. The molecule has 120 valence electrons. The number of benzene rings is 1. The van der Waals surface area contributed by atoms with E-state index in [4.69, 9.17) is 5.11 Å². The molecule has 0 unspecified atom stereocenters. The highest BCUT2D eigenvalue weighted by Crippen LogP contribution is 2.58. The number of carbonyl (C=O) groups excluding carboxylic acids is 1. The lowest BCUT2D eigenvalue weighted by Gasteiger charge is -2.07. The molecular weight excluding hydrogens is 298 g/mol. The highest BCUT2D eigenvalue weighted by Gasteiger charge is 2.65.